The molecule has 3 amide bonds. The summed E-state index contributed by atoms with van der Waals surface area (Å²) in [6.07, 6.45) is 1.44. The zero-order valence-electron chi connectivity index (χ0n) is 12.0. The zero-order chi connectivity index (χ0) is 15.4. The molecule has 21 heavy (non-hydrogen) atoms. The lowest BCUT2D eigenvalue weighted by molar-refractivity contribution is -0.148. The van der Waals surface area contributed by atoms with Crippen molar-refractivity contribution < 1.29 is 14.4 Å². The number of carbonyl (C=O) groups is 3. The Morgan fingerprint density at radius 2 is 1.95 bits per heavy atom. The van der Waals surface area contributed by atoms with Crippen molar-refractivity contribution in [3.05, 3.63) is 23.8 Å². The molecule has 1 fully saturated rings. The number of hydrogen-bond acceptors (Lipinski definition) is 4. The lowest BCUT2D eigenvalue weighted by atomic mass is 10.1. The quantitative estimate of drug-likeness (QED) is 0.648. The van der Waals surface area contributed by atoms with Gasteiger partial charge in [-0.1, -0.05) is 6.07 Å². The van der Waals surface area contributed by atoms with Crippen molar-refractivity contribution >= 4 is 29.1 Å². The molecule has 1 aliphatic rings. The highest BCUT2D eigenvalue weighted by Crippen LogP contribution is 2.20. The second-order valence-corrected chi connectivity index (χ2v) is 5.11. The lowest BCUT2D eigenvalue weighted by Crippen LogP contribution is -2.41. The maximum Gasteiger partial charge on any atom is 0.229 e. The predicted octanol–water partition coefficient (Wildman–Crippen LogP) is 1.44. The van der Waals surface area contributed by atoms with Crippen LogP contribution in [-0.4, -0.2) is 29.2 Å². The van der Waals surface area contributed by atoms with Gasteiger partial charge in [0, 0.05) is 37.2 Å². The fraction of sp³-hybridized carbons (Fsp3) is 0.400. The van der Waals surface area contributed by atoms with Crippen LogP contribution in [0.5, 0.6) is 0 Å². The van der Waals surface area contributed by atoms with Crippen molar-refractivity contribution in [2.24, 2.45) is 0 Å². The molecular weight excluding hydrogens is 270 g/mol. The first-order chi connectivity index (χ1) is 9.99. The van der Waals surface area contributed by atoms with E-state index in [9.17, 15) is 14.4 Å². The first-order valence-electron chi connectivity index (χ1n) is 6.97. The molecule has 0 aromatic heterocycles. The molecule has 3 N–H and O–H groups in total. The number of imide groups is 1. The van der Waals surface area contributed by atoms with E-state index >= 15 is 0 Å². The van der Waals surface area contributed by atoms with Crippen molar-refractivity contribution in [2.45, 2.75) is 32.6 Å². The molecule has 1 heterocycles. The lowest BCUT2D eigenvalue weighted by Gasteiger charge is -2.24. The van der Waals surface area contributed by atoms with Crippen LogP contribution in [0.4, 0.5) is 11.4 Å². The summed E-state index contributed by atoms with van der Waals surface area (Å²) in [5, 5.41) is 2.75. The Morgan fingerprint density at radius 1 is 1.29 bits per heavy atom. The molecule has 0 radical (unpaired) electrons. The largest absolute Gasteiger partial charge is 0.398 e. The summed E-state index contributed by atoms with van der Waals surface area (Å²) in [5.74, 6) is -0.631. The highest BCUT2D eigenvalue weighted by Gasteiger charge is 2.25. The maximum absolute atomic E-state index is 11.9. The summed E-state index contributed by atoms with van der Waals surface area (Å²) in [7, 11) is 0. The molecule has 1 saturated heterocycles. The summed E-state index contributed by atoms with van der Waals surface area (Å²) in [6, 6.07) is 5.28. The van der Waals surface area contributed by atoms with Gasteiger partial charge < -0.3 is 11.1 Å². The molecule has 2 rings (SSSR count). The van der Waals surface area contributed by atoms with Gasteiger partial charge in [-0.15, -0.1) is 0 Å². The van der Waals surface area contributed by atoms with Crippen molar-refractivity contribution in [2.75, 3.05) is 17.6 Å². The van der Waals surface area contributed by atoms with E-state index in [-0.39, 0.29) is 30.7 Å². The Balaban J connectivity index is 1.91. The van der Waals surface area contributed by atoms with Gasteiger partial charge >= 0.3 is 0 Å². The van der Waals surface area contributed by atoms with E-state index in [0.29, 0.717) is 30.6 Å². The number of anilines is 2. The van der Waals surface area contributed by atoms with Gasteiger partial charge in [-0.05, 0) is 31.0 Å². The number of carbonyl (C=O) groups excluding carboxylic acids is 3. The number of nitrogens with zero attached hydrogens (tertiary/aromatic N) is 1. The van der Waals surface area contributed by atoms with Crippen LogP contribution >= 0.6 is 0 Å². The molecule has 0 aliphatic carbocycles. The Labute approximate surface area is 123 Å². The number of hydrogen-bond donors (Lipinski definition) is 2. The van der Waals surface area contributed by atoms with E-state index in [4.69, 9.17) is 5.73 Å². The van der Waals surface area contributed by atoms with Gasteiger partial charge in [0.15, 0.2) is 0 Å². The van der Waals surface area contributed by atoms with Crippen LogP contribution in [0.15, 0.2) is 18.2 Å². The van der Waals surface area contributed by atoms with E-state index in [2.05, 4.69) is 5.32 Å². The standard InChI is InChI=1S/C15H19N3O3/c1-10-11(16)4-2-5-12(10)17-13(19)8-9-18-14(20)6-3-7-15(18)21/h2,4-5H,3,6-9,16H2,1H3,(H,17,19). The van der Waals surface area contributed by atoms with Crippen LogP contribution in [0.25, 0.3) is 0 Å². The van der Waals surface area contributed by atoms with Crippen LogP contribution in [0, 0.1) is 6.92 Å². The normalized spacial score (nSPS) is 15.2. The molecule has 6 nitrogen and oxygen atoms in total. The summed E-state index contributed by atoms with van der Waals surface area (Å²) in [4.78, 5) is 36.4. The van der Waals surface area contributed by atoms with Crippen LogP contribution in [0.2, 0.25) is 0 Å². The highest BCUT2D eigenvalue weighted by atomic mass is 16.2. The summed E-state index contributed by atoms with van der Waals surface area (Å²) < 4.78 is 0. The number of amides is 3. The first kappa shape index (κ1) is 15.0. The minimum atomic E-state index is -0.241. The van der Waals surface area contributed by atoms with E-state index < -0.39 is 0 Å². The fourth-order valence-electron chi connectivity index (χ4n) is 2.26. The minimum Gasteiger partial charge on any atom is -0.398 e. The Hall–Kier alpha value is -2.37. The third kappa shape index (κ3) is 3.59. The smallest absolute Gasteiger partial charge is 0.229 e. The molecule has 1 aromatic carbocycles. The van der Waals surface area contributed by atoms with Crippen molar-refractivity contribution in [3.8, 4) is 0 Å². The van der Waals surface area contributed by atoms with Crippen molar-refractivity contribution in [3.63, 3.8) is 0 Å². The molecule has 0 spiro atoms. The van der Waals surface area contributed by atoms with Gasteiger partial charge in [0.25, 0.3) is 0 Å². The van der Waals surface area contributed by atoms with Gasteiger partial charge in [-0.2, -0.15) is 0 Å². The zero-order valence-corrected chi connectivity index (χ0v) is 12.0. The van der Waals surface area contributed by atoms with Gasteiger partial charge in [-0.25, -0.2) is 0 Å². The van der Waals surface area contributed by atoms with Gasteiger partial charge in [0.05, 0.1) is 0 Å². The number of rotatable bonds is 4. The average molecular weight is 289 g/mol. The Bertz CT molecular complexity index is 568. The van der Waals surface area contributed by atoms with E-state index in [1.807, 2.05) is 6.92 Å². The summed E-state index contributed by atoms with van der Waals surface area (Å²) in [5.41, 5.74) is 7.83. The number of piperidine rings is 1. The van der Waals surface area contributed by atoms with Gasteiger partial charge in [0.1, 0.15) is 0 Å². The fourth-order valence-corrected chi connectivity index (χ4v) is 2.26. The maximum atomic E-state index is 11.9. The van der Waals surface area contributed by atoms with Gasteiger partial charge in [0.2, 0.25) is 17.7 Å². The van der Waals surface area contributed by atoms with Crippen LogP contribution in [0.1, 0.15) is 31.2 Å². The molecule has 1 aliphatic heterocycles. The molecule has 0 atom stereocenters. The Morgan fingerprint density at radius 3 is 2.62 bits per heavy atom. The first-order valence-corrected chi connectivity index (χ1v) is 6.97. The molecule has 0 bridgehead atoms. The summed E-state index contributed by atoms with van der Waals surface area (Å²) >= 11 is 0. The molecule has 6 heteroatoms. The molecule has 112 valence electrons. The van der Waals surface area contributed by atoms with Crippen molar-refractivity contribution in [1.29, 1.82) is 0 Å². The monoisotopic (exact) mass is 289 g/mol. The molecule has 0 saturated carbocycles. The molecule has 0 unspecified atom stereocenters. The molecular formula is C15H19N3O3. The van der Waals surface area contributed by atoms with Gasteiger partial charge in [-0.3, -0.25) is 19.3 Å². The van der Waals surface area contributed by atoms with E-state index in [1.54, 1.807) is 18.2 Å². The number of likely N-dealkylation sites (tertiary alicyclic amines) is 1. The second-order valence-electron chi connectivity index (χ2n) is 5.11. The number of nitrogens with two attached hydrogens (primary N) is 1. The third-order valence-electron chi connectivity index (χ3n) is 3.60. The molecule has 1 aromatic rings. The van der Waals surface area contributed by atoms with E-state index in [0.717, 1.165) is 5.56 Å². The second kappa shape index (κ2) is 6.39. The van der Waals surface area contributed by atoms with Crippen molar-refractivity contribution in [1.82, 2.24) is 4.90 Å². The third-order valence-corrected chi connectivity index (χ3v) is 3.60. The number of benzene rings is 1. The SMILES string of the molecule is Cc1c(N)cccc1NC(=O)CCN1C(=O)CCCC1=O. The number of nitrogen functional groups attached to an aromatic ring is 1. The minimum absolute atomic E-state index is 0.0890. The van der Waals surface area contributed by atoms with Crippen LogP contribution in [0.3, 0.4) is 0 Å². The predicted molar refractivity (Wildman–Crippen MR) is 79.4 cm³/mol. The van der Waals surface area contributed by atoms with E-state index in [1.165, 1.54) is 4.90 Å². The van der Waals surface area contributed by atoms with Crippen LogP contribution in [-0.2, 0) is 14.4 Å². The Kier molecular flexibility index (Phi) is 4.57. The topological polar surface area (TPSA) is 92.5 Å². The average Bonchev–Trinajstić information content (AvgIpc) is 2.43. The summed E-state index contributed by atoms with van der Waals surface area (Å²) in [6.45, 7) is 1.95. The van der Waals surface area contributed by atoms with Crippen LogP contribution < -0.4 is 11.1 Å². The number of nitrogens with one attached hydrogen (secondary N) is 1. The highest BCUT2D eigenvalue weighted by molar-refractivity contribution is 5.98.